The molecule has 1 aliphatic rings. The van der Waals surface area contributed by atoms with Crippen molar-refractivity contribution in [2.24, 2.45) is 5.41 Å². The van der Waals surface area contributed by atoms with Crippen molar-refractivity contribution < 1.29 is 0 Å². The topological polar surface area (TPSA) is 24.9 Å². The molecular weight excluding hydrogens is 228 g/mol. The fourth-order valence-corrected chi connectivity index (χ4v) is 3.85. The monoisotopic (exact) mass is 250 g/mol. The fourth-order valence-electron chi connectivity index (χ4n) is 2.21. The van der Waals surface area contributed by atoms with Crippen molar-refractivity contribution in [3.8, 4) is 0 Å². The molecule has 3 heteroatoms. The van der Waals surface area contributed by atoms with Crippen LogP contribution in [0.5, 0.6) is 0 Å². The third-order valence-corrected chi connectivity index (χ3v) is 4.73. The van der Waals surface area contributed by atoms with Gasteiger partial charge < -0.3 is 5.32 Å². The van der Waals surface area contributed by atoms with Crippen molar-refractivity contribution in [3.63, 3.8) is 0 Å². The Morgan fingerprint density at radius 3 is 2.88 bits per heavy atom. The Kier molecular flexibility index (Phi) is 4.46. The third-order valence-electron chi connectivity index (χ3n) is 3.67. The van der Waals surface area contributed by atoms with E-state index in [0.717, 1.165) is 13.0 Å². The van der Waals surface area contributed by atoms with Crippen molar-refractivity contribution in [2.75, 3.05) is 18.1 Å². The Morgan fingerprint density at radius 2 is 2.18 bits per heavy atom. The van der Waals surface area contributed by atoms with Gasteiger partial charge in [-0.25, -0.2) is 0 Å². The first-order chi connectivity index (χ1) is 8.18. The summed E-state index contributed by atoms with van der Waals surface area (Å²) in [6.07, 6.45) is 6.16. The minimum absolute atomic E-state index is 0.448. The summed E-state index contributed by atoms with van der Waals surface area (Å²) in [7, 11) is 0. The predicted molar refractivity (Wildman–Crippen MR) is 75.5 cm³/mol. The summed E-state index contributed by atoms with van der Waals surface area (Å²) < 4.78 is 0. The van der Waals surface area contributed by atoms with E-state index >= 15 is 0 Å². The maximum Gasteiger partial charge on any atom is 0.0270 e. The van der Waals surface area contributed by atoms with Gasteiger partial charge in [-0.15, -0.1) is 0 Å². The van der Waals surface area contributed by atoms with Gasteiger partial charge >= 0.3 is 0 Å². The number of nitrogens with one attached hydrogen (secondary N) is 1. The Bertz CT molecular complexity index is 337. The maximum atomic E-state index is 4.04. The van der Waals surface area contributed by atoms with Gasteiger partial charge in [0.15, 0.2) is 0 Å². The summed E-state index contributed by atoms with van der Waals surface area (Å²) in [6.45, 7) is 5.84. The van der Waals surface area contributed by atoms with Crippen LogP contribution in [0.1, 0.15) is 25.8 Å². The normalized spacial score (nSPS) is 23.5. The van der Waals surface area contributed by atoms with Gasteiger partial charge in [-0.2, -0.15) is 11.8 Å². The summed E-state index contributed by atoms with van der Waals surface area (Å²) in [5.74, 6) is 2.57. The van der Waals surface area contributed by atoms with Crippen molar-refractivity contribution in [1.82, 2.24) is 10.3 Å². The second-order valence-electron chi connectivity index (χ2n) is 5.43. The lowest BCUT2D eigenvalue weighted by Crippen LogP contribution is -2.47. The first kappa shape index (κ1) is 12.9. The van der Waals surface area contributed by atoms with Gasteiger partial charge in [-0.1, -0.05) is 13.8 Å². The van der Waals surface area contributed by atoms with E-state index in [-0.39, 0.29) is 0 Å². The lowest BCUT2D eigenvalue weighted by atomic mass is 9.82. The van der Waals surface area contributed by atoms with Crippen molar-refractivity contribution in [3.05, 3.63) is 30.1 Å². The van der Waals surface area contributed by atoms with Crippen LogP contribution in [0.3, 0.4) is 0 Å². The molecule has 17 heavy (non-hydrogen) atoms. The molecule has 0 amide bonds. The van der Waals surface area contributed by atoms with Gasteiger partial charge in [0.25, 0.3) is 0 Å². The zero-order valence-corrected chi connectivity index (χ0v) is 11.6. The summed E-state index contributed by atoms with van der Waals surface area (Å²) in [4.78, 5) is 4.04. The predicted octanol–water partition coefficient (Wildman–Crippen LogP) is 2.75. The Balaban J connectivity index is 1.78. The van der Waals surface area contributed by atoms with E-state index in [0.29, 0.717) is 11.5 Å². The molecule has 1 saturated heterocycles. The first-order valence-electron chi connectivity index (χ1n) is 6.38. The largest absolute Gasteiger partial charge is 0.312 e. The Hall–Kier alpha value is -0.540. The highest BCUT2D eigenvalue weighted by Crippen LogP contribution is 2.33. The van der Waals surface area contributed by atoms with Gasteiger partial charge in [-0.3, -0.25) is 4.98 Å². The highest BCUT2D eigenvalue weighted by atomic mass is 32.2. The van der Waals surface area contributed by atoms with Gasteiger partial charge in [0.1, 0.15) is 0 Å². The second-order valence-corrected chi connectivity index (χ2v) is 6.58. The molecule has 2 rings (SSSR count). The summed E-state index contributed by atoms with van der Waals surface area (Å²) in [5.41, 5.74) is 1.82. The lowest BCUT2D eigenvalue weighted by molar-refractivity contribution is 0.247. The molecular formula is C14H22N2S. The van der Waals surface area contributed by atoms with Gasteiger partial charge in [0.05, 0.1) is 0 Å². The number of hydrogen-bond acceptors (Lipinski definition) is 3. The van der Waals surface area contributed by atoms with Crippen LogP contribution in [0.4, 0.5) is 0 Å². The minimum Gasteiger partial charge on any atom is -0.312 e. The Morgan fingerprint density at radius 1 is 1.41 bits per heavy atom. The van der Waals surface area contributed by atoms with Crippen LogP contribution in [-0.2, 0) is 6.42 Å². The smallest absolute Gasteiger partial charge is 0.0270 e. The standard InChI is InChI=1S/C14H22N2S/c1-14(2)6-10-17-11-13(14)16-9-5-12-3-7-15-8-4-12/h3-4,7-8,13,16H,5-6,9-11H2,1-2H3. The molecule has 1 aromatic rings. The van der Waals surface area contributed by atoms with E-state index < -0.39 is 0 Å². The number of thioether (sulfide) groups is 1. The van der Waals surface area contributed by atoms with Crippen LogP contribution in [0.15, 0.2) is 24.5 Å². The second kappa shape index (κ2) is 5.87. The molecule has 1 fully saturated rings. The highest BCUT2D eigenvalue weighted by Gasteiger charge is 2.31. The maximum absolute atomic E-state index is 4.04. The molecule has 2 heterocycles. The minimum atomic E-state index is 0.448. The van der Waals surface area contributed by atoms with Crippen LogP contribution >= 0.6 is 11.8 Å². The van der Waals surface area contributed by atoms with E-state index in [1.165, 1.54) is 23.5 Å². The molecule has 1 N–H and O–H groups in total. The van der Waals surface area contributed by atoms with E-state index in [1.54, 1.807) is 0 Å². The summed E-state index contributed by atoms with van der Waals surface area (Å²) in [6, 6.07) is 4.85. The summed E-state index contributed by atoms with van der Waals surface area (Å²) >= 11 is 2.08. The lowest BCUT2D eigenvalue weighted by Gasteiger charge is -2.39. The number of hydrogen-bond donors (Lipinski definition) is 1. The highest BCUT2D eigenvalue weighted by molar-refractivity contribution is 7.99. The molecule has 0 bridgehead atoms. The zero-order chi connectivity index (χ0) is 12.1. The molecule has 0 aliphatic carbocycles. The molecule has 0 aromatic carbocycles. The van der Waals surface area contributed by atoms with Gasteiger partial charge in [-0.05, 0) is 48.3 Å². The van der Waals surface area contributed by atoms with Gasteiger partial charge in [0, 0.05) is 24.2 Å². The Labute approximate surface area is 109 Å². The quantitative estimate of drug-likeness (QED) is 0.889. The number of nitrogens with zero attached hydrogens (tertiary/aromatic N) is 1. The molecule has 94 valence electrons. The molecule has 1 aliphatic heterocycles. The van der Waals surface area contributed by atoms with Crippen molar-refractivity contribution in [1.29, 1.82) is 0 Å². The molecule has 1 atom stereocenters. The van der Waals surface area contributed by atoms with E-state index in [2.05, 4.69) is 48.0 Å². The van der Waals surface area contributed by atoms with Crippen LogP contribution in [-0.4, -0.2) is 29.1 Å². The fraction of sp³-hybridized carbons (Fsp3) is 0.643. The van der Waals surface area contributed by atoms with Crippen LogP contribution in [0.2, 0.25) is 0 Å². The molecule has 2 nitrogen and oxygen atoms in total. The van der Waals surface area contributed by atoms with Gasteiger partial charge in [0.2, 0.25) is 0 Å². The number of rotatable bonds is 4. The number of pyridine rings is 1. The van der Waals surface area contributed by atoms with Crippen molar-refractivity contribution >= 4 is 11.8 Å². The molecule has 0 radical (unpaired) electrons. The molecule has 1 unspecified atom stereocenters. The average molecular weight is 250 g/mol. The van der Waals surface area contributed by atoms with Crippen LogP contribution < -0.4 is 5.32 Å². The number of aromatic nitrogens is 1. The average Bonchev–Trinajstić information content (AvgIpc) is 2.32. The third kappa shape index (κ3) is 3.71. The SMILES string of the molecule is CC1(C)CCSCC1NCCc1ccncc1. The van der Waals surface area contributed by atoms with E-state index in [4.69, 9.17) is 0 Å². The van der Waals surface area contributed by atoms with Crippen LogP contribution in [0, 0.1) is 5.41 Å². The first-order valence-corrected chi connectivity index (χ1v) is 7.54. The molecule has 1 aromatic heterocycles. The van der Waals surface area contributed by atoms with E-state index in [1.807, 2.05) is 12.4 Å². The van der Waals surface area contributed by atoms with E-state index in [9.17, 15) is 0 Å². The molecule has 0 spiro atoms. The zero-order valence-electron chi connectivity index (χ0n) is 10.8. The van der Waals surface area contributed by atoms with Crippen molar-refractivity contribution in [2.45, 2.75) is 32.7 Å². The van der Waals surface area contributed by atoms with Crippen LogP contribution in [0.25, 0.3) is 0 Å². The molecule has 0 saturated carbocycles. The summed E-state index contributed by atoms with van der Waals surface area (Å²) in [5, 5.41) is 3.72.